The van der Waals surface area contributed by atoms with Gasteiger partial charge in [-0.3, -0.25) is 0 Å². The highest BCUT2D eigenvalue weighted by Crippen LogP contribution is 2.62. The van der Waals surface area contributed by atoms with Gasteiger partial charge in [0.15, 0.2) is 0 Å². The summed E-state index contributed by atoms with van der Waals surface area (Å²) in [4.78, 5) is 10.2. The van der Waals surface area contributed by atoms with Crippen LogP contribution in [-0.2, 0) is 0 Å². The number of benzene rings is 6. The zero-order valence-corrected chi connectivity index (χ0v) is 79.7. The number of fused-ring (bicyclic) bond motifs is 24. The lowest BCUT2D eigenvalue weighted by molar-refractivity contribution is 0.838. The van der Waals surface area contributed by atoms with Crippen LogP contribution in [0.4, 0.5) is 0 Å². The van der Waals surface area contributed by atoms with Crippen molar-refractivity contribution >= 4 is 290 Å². The highest BCUT2D eigenvalue weighted by atomic mass is 32.1. The second-order valence-corrected chi connectivity index (χ2v) is 68.0. The van der Waals surface area contributed by atoms with Crippen LogP contribution in [0, 0.1) is 59.7 Å². The van der Waals surface area contributed by atoms with E-state index in [0.717, 1.165) is 0 Å². The maximum Gasteiger partial charge on any atom is 0.146 e. The molecule has 0 N–H and O–H groups in total. The monoisotopic (exact) mass is 1650 g/mol. The summed E-state index contributed by atoms with van der Waals surface area (Å²) in [6.07, 6.45) is 0. The van der Waals surface area contributed by atoms with E-state index in [1.807, 2.05) is 68.0 Å². The Kier molecular flexibility index (Phi) is 18.1. The van der Waals surface area contributed by atoms with E-state index in [-0.39, 0.29) is 0 Å². The summed E-state index contributed by atoms with van der Waals surface area (Å²) in [5.41, 5.74) is 23.4. The Bertz CT molecular complexity index is 6630. The van der Waals surface area contributed by atoms with Crippen molar-refractivity contribution < 1.29 is 0 Å². The van der Waals surface area contributed by atoms with Gasteiger partial charge in [0.1, 0.15) is 32.3 Å². The van der Waals surface area contributed by atoms with E-state index < -0.39 is 32.3 Å². The van der Waals surface area contributed by atoms with Crippen LogP contribution in [0.25, 0.3) is 177 Å². The number of hydrogen-bond donors (Lipinski definition) is 0. The molecule has 18 aromatic rings. The Balaban J connectivity index is 0.948. The summed E-state index contributed by atoms with van der Waals surface area (Å²) >= 11 is 15.9. The third-order valence-corrected chi connectivity index (χ3v) is 61.9. The van der Waals surface area contributed by atoms with Gasteiger partial charge in [0.25, 0.3) is 0 Å². The van der Waals surface area contributed by atoms with Crippen LogP contribution < -0.4 is 0 Å². The molecule has 0 aliphatic rings. The molecule has 558 valence electrons. The van der Waals surface area contributed by atoms with Gasteiger partial charge in [-0.2, -0.15) is 0 Å². The second-order valence-electron chi connectivity index (χ2n) is 36.8. The van der Waals surface area contributed by atoms with Crippen molar-refractivity contribution in [1.82, 2.24) is 0 Å². The van der Waals surface area contributed by atoms with Crippen LogP contribution in [0.2, 0.25) is 66.5 Å². The topological polar surface area (TPSA) is 0 Å². The van der Waals surface area contributed by atoms with Crippen molar-refractivity contribution in [3.05, 3.63) is 102 Å². The lowest BCUT2D eigenvalue weighted by Crippen LogP contribution is -2.43. The van der Waals surface area contributed by atoms with E-state index in [2.05, 4.69) is 321 Å². The highest BCUT2D eigenvalue weighted by Gasteiger charge is 2.46. The van der Waals surface area contributed by atoms with E-state index in [1.165, 1.54) is 206 Å². The molecule has 18 rings (SSSR count). The van der Waals surface area contributed by atoms with Crippen molar-refractivity contribution in [3.8, 4) is 55.6 Å². The van der Waals surface area contributed by atoms with Crippen molar-refractivity contribution in [1.29, 1.82) is 0 Å². The summed E-state index contributed by atoms with van der Waals surface area (Å²) in [7, 11) is -8.09. The first-order chi connectivity index (χ1) is 52.2. The molecule has 0 amide bonds. The standard InChI is InChI=1S/C98H102S8Si4/c1-47(2)107(48(3)4,49(5)6)31-27-65-37-61-43-71-79-83(95-73(35-59(25)99-95)87(79)91(61)101-65)69-41-63-39-67(29-33-109(53(13)14,54(15)16)55(17)18)103-93(63)89-75-45-77(105-97(75)85(71)81(69)89)78-46-76-90-82-70(42-64-40-68(104-94(64)90)30-34-110(56(19)20,57(21)22)58(23)24)84-80-72(86(82)98(76)106-78)44-62-38-66(28-32-108(50(7)8,51(9)10)52(11)12)102-92(62)88(80)74-36-60(26)100-96(74)84/h35-58H,1-26H3. The summed E-state index contributed by atoms with van der Waals surface area (Å²) in [6.45, 7) is 63.3. The zero-order chi connectivity index (χ0) is 77.8. The maximum atomic E-state index is 4.19. The van der Waals surface area contributed by atoms with Gasteiger partial charge < -0.3 is 0 Å². The molecule has 10 aromatic carbocycles. The van der Waals surface area contributed by atoms with E-state index in [1.54, 1.807) is 0 Å². The molecule has 0 bridgehead atoms. The molecule has 12 heteroatoms. The van der Waals surface area contributed by atoms with Gasteiger partial charge in [0, 0.05) is 143 Å². The number of thiophene rings is 8. The molecule has 0 spiro atoms. The Morgan fingerprint density at radius 1 is 0.200 bits per heavy atom. The van der Waals surface area contributed by atoms with Crippen LogP contribution >= 0.6 is 90.7 Å². The number of rotatable bonds is 13. The molecule has 0 aliphatic heterocycles. The number of hydrogen-bond acceptors (Lipinski definition) is 8. The van der Waals surface area contributed by atoms with Crippen molar-refractivity contribution in [2.24, 2.45) is 0 Å². The first-order valence-corrected chi connectivity index (χ1v) is 56.2. The quantitative estimate of drug-likeness (QED) is 0.0613. The molecule has 0 saturated carbocycles. The Labute approximate surface area is 687 Å². The van der Waals surface area contributed by atoms with Crippen LogP contribution in [0.3, 0.4) is 0 Å². The molecular formula is C98H102S8Si4. The van der Waals surface area contributed by atoms with E-state index in [0.29, 0.717) is 66.5 Å². The summed E-state index contributed by atoms with van der Waals surface area (Å²) in [5.74, 6) is 16.0. The van der Waals surface area contributed by atoms with E-state index >= 15 is 0 Å². The average Bonchev–Trinajstić information content (AvgIpc) is 1.50. The first-order valence-electron chi connectivity index (χ1n) is 40.8. The van der Waals surface area contributed by atoms with E-state index in [4.69, 9.17) is 0 Å². The Morgan fingerprint density at radius 2 is 0.391 bits per heavy atom. The summed E-state index contributed by atoms with van der Waals surface area (Å²) in [5, 5.41) is 33.5. The fourth-order valence-corrected chi connectivity index (χ4v) is 53.4. The van der Waals surface area contributed by atoms with Gasteiger partial charge in [-0.05, 0) is 196 Å². The highest BCUT2D eigenvalue weighted by molar-refractivity contribution is 7.31. The normalized spacial score (nSPS) is 13.7. The molecule has 8 heterocycles. The average molecular weight is 1650 g/mol. The number of aryl methyl sites for hydroxylation is 2. The molecule has 0 nitrogen and oxygen atoms in total. The predicted octanol–water partition coefficient (Wildman–Crippen LogP) is 34.9. The molecule has 0 unspecified atom stereocenters. The van der Waals surface area contributed by atoms with E-state index in [9.17, 15) is 0 Å². The van der Waals surface area contributed by atoms with Gasteiger partial charge in [0.05, 0.1) is 19.5 Å². The van der Waals surface area contributed by atoms with Gasteiger partial charge in [-0.25, -0.2) is 0 Å². The van der Waals surface area contributed by atoms with Crippen molar-refractivity contribution in [2.45, 2.75) is 247 Å². The molecule has 0 atom stereocenters. The smallest absolute Gasteiger partial charge is 0.140 e. The molecule has 0 radical (unpaired) electrons. The van der Waals surface area contributed by atoms with Crippen molar-refractivity contribution in [3.63, 3.8) is 0 Å². The first kappa shape index (κ1) is 75.5. The Morgan fingerprint density at radius 3 is 0.600 bits per heavy atom. The molecule has 110 heavy (non-hydrogen) atoms. The fourth-order valence-electron chi connectivity index (χ4n) is 23.3. The maximum absolute atomic E-state index is 4.19. The molecule has 0 saturated heterocycles. The van der Waals surface area contributed by atoms with Gasteiger partial charge in [-0.15, -0.1) is 113 Å². The minimum absolute atomic E-state index is 0.552. The fraction of sp³-hybridized carbons (Fsp3) is 0.388. The zero-order valence-electron chi connectivity index (χ0n) is 69.1. The molecule has 8 aromatic heterocycles. The largest absolute Gasteiger partial charge is 0.146 e. The summed E-state index contributed by atoms with van der Waals surface area (Å²) < 4.78 is 11.2. The van der Waals surface area contributed by atoms with Crippen molar-refractivity contribution in [2.75, 3.05) is 0 Å². The van der Waals surface area contributed by atoms with Crippen LogP contribution in [-0.4, -0.2) is 32.3 Å². The third kappa shape index (κ3) is 10.3. The van der Waals surface area contributed by atoms with Gasteiger partial charge in [0.2, 0.25) is 0 Å². The lowest BCUT2D eigenvalue weighted by atomic mass is 9.94. The van der Waals surface area contributed by atoms with Crippen LogP contribution in [0.5, 0.6) is 0 Å². The van der Waals surface area contributed by atoms with Gasteiger partial charge in [-0.1, -0.05) is 190 Å². The third-order valence-electron chi connectivity index (χ3n) is 27.8. The Hall–Kier alpha value is -5.89. The minimum Gasteiger partial charge on any atom is -0.140 e. The van der Waals surface area contributed by atoms with Gasteiger partial charge >= 0.3 is 0 Å². The molecular weight excluding hydrogens is 1550 g/mol. The summed E-state index contributed by atoms with van der Waals surface area (Å²) in [6, 6.07) is 30.7. The van der Waals surface area contributed by atoms with Crippen LogP contribution in [0.15, 0.2) is 72.8 Å². The molecule has 0 aliphatic carbocycles. The second kappa shape index (κ2) is 26.3. The SMILES string of the molecule is Cc1cc2c(s1)c1c3cc4cc(C#C[Si](C(C)C)(C(C)C)C(C)C)sc4c4c5cc(-c6cc7c(s6)c6c8cc9cc(C#C[Si](C(C)C)(C(C)C)C(C)C)sc9c9c%10cc(C)sc%10c(c%10cc%11cc(C#C[Si](C(C)C)(C(C)C)C(C)C)sc%11c7c%106)c89)sc5c(c5cc6cc(C#C[Si](C(C)C)(C(C)C)C(C)C)sc6c2c51)c34. The minimum atomic E-state index is -2.04. The predicted molar refractivity (Wildman–Crippen MR) is 521 cm³/mol. The lowest BCUT2D eigenvalue weighted by Gasteiger charge is -2.38. The van der Waals surface area contributed by atoms with Crippen LogP contribution in [0.1, 0.15) is 195 Å². The molecule has 0 fully saturated rings.